The molecule has 6 heteroatoms. The number of aliphatic hydroxyl groups is 1. The average Bonchev–Trinajstić information content (AvgIpc) is 2.66. The molecule has 2 aliphatic rings. The van der Waals surface area contributed by atoms with Crippen LogP contribution in [0.3, 0.4) is 0 Å². The number of benzene rings is 1. The monoisotopic (exact) mass is 368 g/mol. The maximum Gasteiger partial charge on any atom is 0.222 e. The first kappa shape index (κ1) is 18.2. The molecule has 2 fully saturated rings. The number of aryl methyl sites for hydroxylation is 1. The van der Waals surface area contributed by atoms with Gasteiger partial charge in [0.25, 0.3) is 0 Å². The number of anilines is 2. The lowest BCUT2D eigenvalue weighted by Crippen LogP contribution is -2.51. The molecule has 144 valence electrons. The van der Waals surface area contributed by atoms with Gasteiger partial charge in [0.1, 0.15) is 5.82 Å². The fourth-order valence-electron chi connectivity index (χ4n) is 4.42. The van der Waals surface area contributed by atoms with Gasteiger partial charge >= 0.3 is 0 Å². The third-order valence-corrected chi connectivity index (χ3v) is 6.01. The second kappa shape index (κ2) is 7.09. The second-order valence-corrected chi connectivity index (χ2v) is 7.90. The zero-order chi connectivity index (χ0) is 19.0. The fraction of sp³-hybridized carbons (Fsp3) is 0.524. The van der Waals surface area contributed by atoms with E-state index in [9.17, 15) is 5.11 Å². The molecule has 4 rings (SSSR count). The summed E-state index contributed by atoms with van der Waals surface area (Å²) >= 11 is 0. The van der Waals surface area contributed by atoms with Gasteiger partial charge < -0.3 is 20.5 Å². The standard InChI is InChI=1S/C21H28N4O2/c1-14-15(2)23-20(22)24-19(14)25-10-8-21(9-11-25)13-17(26)12-18(27-21)16-6-4-3-5-7-16/h3-7,17-18,26H,8-13H2,1-2H3,(H2,22,23,24)/t17-,18-/m1/s1. The Kier molecular flexibility index (Phi) is 4.78. The summed E-state index contributed by atoms with van der Waals surface area (Å²) in [6, 6.07) is 10.2. The van der Waals surface area contributed by atoms with E-state index >= 15 is 0 Å². The Morgan fingerprint density at radius 2 is 1.85 bits per heavy atom. The van der Waals surface area contributed by atoms with Crippen LogP contribution in [0.15, 0.2) is 30.3 Å². The normalized spacial score (nSPS) is 24.9. The highest BCUT2D eigenvalue weighted by molar-refractivity contribution is 5.51. The van der Waals surface area contributed by atoms with Crippen molar-refractivity contribution in [3.05, 3.63) is 47.2 Å². The van der Waals surface area contributed by atoms with Gasteiger partial charge in [0.2, 0.25) is 5.95 Å². The van der Waals surface area contributed by atoms with Crippen LogP contribution in [0.4, 0.5) is 11.8 Å². The van der Waals surface area contributed by atoms with Gasteiger partial charge in [0.15, 0.2) is 0 Å². The van der Waals surface area contributed by atoms with E-state index in [1.54, 1.807) is 0 Å². The summed E-state index contributed by atoms with van der Waals surface area (Å²) in [5, 5.41) is 10.5. The minimum absolute atomic E-state index is 0.0415. The van der Waals surface area contributed by atoms with Crippen molar-refractivity contribution in [2.75, 3.05) is 23.7 Å². The summed E-state index contributed by atoms with van der Waals surface area (Å²) in [7, 11) is 0. The van der Waals surface area contributed by atoms with Crippen LogP contribution in [-0.2, 0) is 4.74 Å². The Morgan fingerprint density at radius 3 is 2.56 bits per heavy atom. The number of aromatic nitrogens is 2. The lowest BCUT2D eigenvalue weighted by Gasteiger charge is -2.48. The SMILES string of the molecule is Cc1nc(N)nc(N2CCC3(CC2)C[C@H](O)C[C@H](c2ccccc2)O3)c1C. The van der Waals surface area contributed by atoms with Gasteiger partial charge in [-0.1, -0.05) is 30.3 Å². The molecule has 0 unspecified atom stereocenters. The molecule has 0 saturated carbocycles. The van der Waals surface area contributed by atoms with Gasteiger partial charge in [0, 0.05) is 37.2 Å². The number of hydrogen-bond donors (Lipinski definition) is 2. The molecule has 2 aliphatic heterocycles. The summed E-state index contributed by atoms with van der Waals surface area (Å²) < 4.78 is 6.59. The van der Waals surface area contributed by atoms with E-state index in [2.05, 4.69) is 27.0 Å². The summed E-state index contributed by atoms with van der Waals surface area (Å²) in [5.41, 5.74) is 8.74. The van der Waals surface area contributed by atoms with Crippen molar-refractivity contribution < 1.29 is 9.84 Å². The minimum Gasteiger partial charge on any atom is -0.393 e. The second-order valence-electron chi connectivity index (χ2n) is 7.90. The maximum atomic E-state index is 10.5. The Labute approximate surface area is 160 Å². The van der Waals surface area contributed by atoms with E-state index in [1.165, 1.54) is 0 Å². The Morgan fingerprint density at radius 1 is 1.15 bits per heavy atom. The summed E-state index contributed by atoms with van der Waals surface area (Å²) in [6.07, 6.45) is 2.74. The maximum absolute atomic E-state index is 10.5. The highest BCUT2D eigenvalue weighted by atomic mass is 16.5. The van der Waals surface area contributed by atoms with Crippen molar-refractivity contribution in [1.82, 2.24) is 9.97 Å². The van der Waals surface area contributed by atoms with Crippen molar-refractivity contribution >= 4 is 11.8 Å². The number of nitrogens with two attached hydrogens (primary N) is 1. The highest BCUT2D eigenvalue weighted by Crippen LogP contribution is 2.43. The smallest absolute Gasteiger partial charge is 0.222 e. The molecule has 2 atom stereocenters. The fourth-order valence-corrected chi connectivity index (χ4v) is 4.42. The summed E-state index contributed by atoms with van der Waals surface area (Å²) in [5.74, 6) is 1.24. The molecule has 2 saturated heterocycles. The average molecular weight is 368 g/mol. The lowest BCUT2D eigenvalue weighted by atomic mass is 9.81. The predicted octanol–water partition coefficient (Wildman–Crippen LogP) is 2.93. The number of aliphatic hydroxyl groups excluding tert-OH is 1. The van der Waals surface area contributed by atoms with Crippen LogP contribution in [0.1, 0.15) is 48.6 Å². The zero-order valence-electron chi connectivity index (χ0n) is 16.1. The molecular formula is C21H28N4O2. The van der Waals surface area contributed by atoms with E-state index in [4.69, 9.17) is 10.5 Å². The predicted molar refractivity (Wildman–Crippen MR) is 106 cm³/mol. The summed E-state index contributed by atoms with van der Waals surface area (Å²) in [4.78, 5) is 11.0. The molecule has 1 aromatic heterocycles. The van der Waals surface area contributed by atoms with Crippen molar-refractivity contribution in [2.45, 2.75) is 57.3 Å². The van der Waals surface area contributed by atoms with Gasteiger partial charge in [0.05, 0.1) is 17.8 Å². The third kappa shape index (κ3) is 3.64. The molecule has 3 N–H and O–H groups in total. The van der Waals surface area contributed by atoms with Gasteiger partial charge in [-0.25, -0.2) is 4.98 Å². The molecule has 0 aliphatic carbocycles. The molecule has 0 radical (unpaired) electrons. The van der Waals surface area contributed by atoms with Gasteiger partial charge in [-0.3, -0.25) is 0 Å². The number of hydrogen-bond acceptors (Lipinski definition) is 6. The van der Waals surface area contributed by atoms with Crippen LogP contribution < -0.4 is 10.6 Å². The zero-order valence-corrected chi connectivity index (χ0v) is 16.1. The number of nitrogens with zero attached hydrogens (tertiary/aromatic N) is 3. The molecule has 1 aromatic carbocycles. The van der Waals surface area contributed by atoms with Crippen molar-refractivity contribution in [1.29, 1.82) is 0 Å². The van der Waals surface area contributed by atoms with Crippen LogP contribution in [-0.4, -0.2) is 39.9 Å². The number of ether oxygens (including phenoxy) is 1. The van der Waals surface area contributed by atoms with Crippen molar-refractivity contribution in [3.8, 4) is 0 Å². The number of nitrogen functional groups attached to an aromatic ring is 1. The molecular weight excluding hydrogens is 340 g/mol. The number of rotatable bonds is 2. The van der Waals surface area contributed by atoms with E-state index in [-0.39, 0.29) is 17.8 Å². The highest BCUT2D eigenvalue weighted by Gasteiger charge is 2.44. The molecule has 0 amide bonds. The van der Waals surface area contributed by atoms with Gasteiger partial charge in [-0.2, -0.15) is 4.98 Å². The lowest BCUT2D eigenvalue weighted by molar-refractivity contribution is -0.173. The third-order valence-electron chi connectivity index (χ3n) is 6.01. The van der Waals surface area contributed by atoms with Gasteiger partial charge in [-0.05, 0) is 32.3 Å². The molecule has 2 aromatic rings. The van der Waals surface area contributed by atoms with Crippen LogP contribution in [0.5, 0.6) is 0 Å². The number of piperidine rings is 1. The molecule has 27 heavy (non-hydrogen) atoms. The first-order chi connectivity index (χ1) is 13.0. The molecule has 3 heterocycles. The molecule has 1 spiro atoms. The molecule has 6 nitrogen and oxygen atoms in total. The molecule has 0 bridgehead atoms. The summed E-state index contributed by atoms with van der Waals surface area (Å²) in [6.45, 7) is 5.68. The quantitative estimate of drug-likeness (QED) is 0.848. The van der Waals surface area contributed by atoms with Gasteiger partial charge in [-0.15, -0.1) is 0 Å². The van der Waals surface area contributed by atoms with E-state index in [0.717, 1.165) is 48.6 Å². The Bertz CT molecular complexity index is 803. The van der Waals surface area contributed by atoms with Crippen molar-refractivity contribution in [3.63, 3.8) is 0 Å². The van der Waals surface area contributed by atoms with Crippen LogP contribution in [0.2, 0.25) is 0 Å². The topological polar surface area (TPSA) is 84.5 Å². The Balaban J connectivity index is 1.51. The van der Waals surface area contributed by atoms with E-state index in [0.29, 0.717) is 18.8 Å². The minimum atomic E-state index is -0.325. The van der Waals surface area contributed by atoms with Crippen LogP contribution in [0, 0.1) is 13.8 Å². The van der Waals surface area contributed by atoms with Crippen LogP contribution in [0.25, 0.3) is 0 Å². The van der Waals surface area contributed by atoms with Crippen molar-refractivity contribution in [2.24, 2.45) is 0 Å². The van der Waals surface area contributed by atoms with E-state index < -0.39 is 0 Å². The van der Waals surface area contributed by atoms with E-state index in [1.807, 2.05) is 32.0 Å². The Hall–Kier alpha value is -2.18. The first-order valence-electron chi connectivity index (χ1n) is 9.72. The van der Waals surface area contributed by atoms with Crippen LogP contribution >= 0.6 is 0 Å². The first-order valence-corrected chi connectivity index (χ1v) is 9.72. The largest absolute Gasteiger partial charge is 0.393 e.